The van der Waals surface area contributed by atoms with Crippen molar-refractivity contribution in [1.82, 2.24) is 5.32 Å². The molecule has 2 N–H and O–H groups in total. The Balaban J connectivity index is 2.28. The lowest BCUT2D eigenvalue weighted by atomic mass is 9.88. The highest BCUT2D eigenvalue weighted by Gasteiger charge is 2.26. The maximum Gasteiger partial charge on any atom is 0.223 e. The van der Waals surface area contributed by atoms with Crippen LogP contribution in [0.4, 0.5) is 0 Å². The fourth-order valence-electron chi connectivity index (χ4n) is 2.01. The number of thioether (sulfide) groups is 1. The van der Waals surface area contributed by atoms with Crippen molar-refractivity contribution in [3.63, 3.8) is 0 Å². The van der Waals surface area contributed by atoms with Crippen LogP contribution in [0.25, 0.3) is 0 Å². The van der Waals surface area contributed by atoms with Crippen molar-refractivity contribution in [3.8, 4) is 0 Å². The molecule has 0 aliphatic heterocycles. The molecular weight excluding hydrogens is 222 g/mol. The molecule has 1 aliphatic carbocycles. The molecule has 94 valence electrons. The molecule has 1 rings (SSSR count). The first kappa shape index (κ1) is 13.8. The standard InChI is InChI=1S/C12H23NO2S/c1-12(2,15)8-13-11(14)9-4-6-10(16-3)7-5-9/h9-10,15H,4-8H2,1-3H3,(H,13,14). The minimum Gasteiger partial charge on any atom is -0.389 e. The third-order valence-electron chi connectivity index (χ3n) is 3.07. The van der Waals surface area contributed by atoms with Crippen LogP contribution in [-0.2, 0) is 4.79 Å². The Bertz CT molecular complexity index is 230. The molecule has 0 aromatic rings. The molecule has 16 heavy (non-hydrogen) atoms. The van der Waals surface area contributed by atoms with E-state index in [-0.39, 0.29) is 11.8 Å². The molecule has 0 aromatic heterocycles. The molecule has 3 nitrogen and oxygen atoms in total. The Hall–Kier alpha value is -0.220. The lowest BCUT2D eigenvalue weighted by Crippen LogP contribution is -2.41. The second-order valence-corrected chi connectivity index (χ2v) is 6.38. The predicted molar refractivity (Wildman–Crippen MR) is 68.6 cm³/mol. The van der Waals surface area contributed by atoms with E-state index in [9.17, 15) is 9.90 Å². The largest absolute Gasteiger partial charge is 0.389 e. The fourth-order valence-corrected chi connectivity index (χ4v) is 2.75. The number of aliphatic hydroxyl groups is 1. The second kappa shape index (κ2) is 5.92. The van der Waals surface area contributed by atoms with Gasteiger partial charge >= 0.3 is 0 Å². The Morgan fingerprint density at radius 3 is 2.38 bits per heavy atom. The summed E-state index contributed by atoms with van der Waals surface area (Å²) in [5.41, 5.74) is -0.813. The van der Waals surface area contributed by atoms with Crippen molar-refractivity contribution in [3.05, 3.63) is 0 Å². The van der Waals surface area contributed by atoms with Crippen LogP contribution in [-0.4, -0.2) is 34.7 Å². The molecule has 1 aliphatic rings. The predicted octanol–water partition coefficient (Wildman–Crippen LogP) is 1.80. The molecular formula is C12H23NO2S. The van der Waals surface area contributed by atoms with Gasteiger partial charge in [-0.15, -0.1) is 0 Å². The molecule has 1 fully saturated rings. The van der Waals surface area contributed by atoms with E-state index in [1.54, 1.807) is 13.8 Å². The molecule has 0 spiro atoms. The Kier molecular flexibility index (Phi) is 5.12. The molecule has 0 aromatic carbocycles. The van der Waals surface area contributed by atoms with E-state index >= 15 is 0 Å². The van der Waals surface area contributed by atoms with E-state index in [0.29, 0.717) is 6.54 Å². The van der Waals surface area contributed by atoms with Crippen LogP contribution >= 0.6 is 11.8 Å². The summed E-state index contributed by atoms with van der Waals surface area (Å²) < 4.78 is 0. The molecule has 0 radical (unpaired) electrons. The summed E-state index contributed by atoms with van der Waals surface area (Å²) in [5, 5.41) is 13.1. The van der Waals surface area contributed by atoms with Crippen molar-refractivity contribution >= 4 is 17.7 Å². The topological polar surface area (TPSA) is 49.3 Å². The van der Waals surface area contributed by atoms with E-state index in [2.05, 4.69) is 11.6 Å². The maximum absolute atomic E-state index is 11.8. The Morgan fingerprint density at radius 1 is 1.38 bits per heavy atom. The summed E-state index contributed by atoms with van der Waals surface area (Å²) in [4.78, 5) is 11.8. The second-order valence-electron chi connectivity index (χ2n) is 5.24. The number of amides is 1. The summed E-state index contributed by atoms with van der Waals surface area (Å²) in [6, 6.07) is 0. The van der Waals surface area contributed by atoms with Gasteiger partial charge in [-0.2, -0.15) is 11.8 Å². The molecule has 1 amide bonds. The van der Waals surface area contributed by atoms with E-state index < -0.39 is 5.60 Å². The highest BCUT2D eigenvalue weighted by molar-refractivity contribution is 7.99. The Morgan fingerprint density at radius 2 is 1.94 bits per heavy atom. The summed E-state index contributed by atoms with van der Waals surface area (Å²) in [7, 11) is 0. The van der Waals surface area contributed by atoms with Crippen molar-refractivity contribution in [2.75, 3.05) is 12.8 Å². The van der Waals surface area contributed by atoms with Crippen LogP contribution < -0.4 is 5.32 Å². The van der Waals surface area contributed by atoms with Gasteiger partial charge in [0, 0.05) is 17.7 Å². The average molecular weight is 245 g/mol. The molecule has 0 saturated heterocycles. The van der Waals surface area contributed by atoms with Gasteiger partial charge in [-0.25, -0.2) is 0 Å². The third kappa shape index (κ3) is 4.74. The van der Waals surface area contributed by atoms with E-state index in [0.717, 1.165) is 30.9 Å². The van der Waals surface area contributed by atoms with Gasteiger partial charge in [-0.3, -0.25) is 4.79 Å². The number of nitrogens with one attached hydrogen (secondary N) is 1. The smallest absolute Gasteiger partial charge is 0.223 e. The van der Waals surface area contributed by atoms with Gasteiger partial charge in [-0.1, -0.05) is 0 Å². The van der Waals surface area contributed by atoms with Crippen LogP contribution in [0.3, 0.4) is 0 Å². The lowest BCUT2D eigenvalue weighted by molar-refractivity contribution is -0.126. The molecule has 0 unspecified atom stereocenters. The van der Waals surface area contributed by atoms with Gasteiger partial charge in [0.05, 0.1) is 5.60 Å². The van der Waals surface area contributed by atoms with Gasteiger partial charge in [0.2, 0.25) is 5.91 Å². The summed E-state index contributed by atoms with van der Waals surface area (Å²) in [6.45, 7) is 3.75. The van der Waals surface area contributed by atoms with Crippen LogP contribution in [0, 0.1) is 5.92 Å². The van der Waals surface area contributed by atoms with Crippen LogP contribution in [0.1, 0.15) is 39.5 Å². The van der Waals surface area contributed by atoms with Crippen molar-refractivity contribution in [2.45, 2.75) is 50.4 Å². The first-order valence-corrected chi connectivity index (χ1v) is 7.24. The zero-order chi connectivity index (χ0) is 12.2. The van der Waals surface area contributed by atoms with Crippen molar-refractivity contribution in [2.24, 2.45) is 5.92 Å². The first-order valence-electron chi connectivity index (χ1n) is 5.95. The highest BCUT2D eigenvalue weighted by atomic mass is 32.2. The summed E-state index contributed by atoms with van der Waals surface area (Å²) in [5.74, 6) is 0.271. The molecule has 4 heteroatoms. The minimum atomic E-state index is -0.813. The van der Waals surface area contributed by atoms with E-state index in [1.165, 1.54) is 0 Å². The monoisotopic (exact) mass is 245 g/mol. The van der Waals surface area contributed by atoms with Crippen LogP contribution in [0.15, 0.2) is 0 Å². The zero-order valence-electron chi connectivity index (χ0n) is 10.5. The van der Waals surface area contributed by atoms with Crippen LogP contribution in [0.5, 0.6) is 0 Å². The minimum absolute atomic E-state index is 0.113. The normalized spacial score (nSPS) is 26.5. The van der Waals surface area contributed by atoms with Gasteiger partial charge in [0.25, 0.3) is 0 Å². The number of hydrogen-bond acceptors (Lipinski definition) is 3. The fraction of sp³-hybridized carbons (Fsp3) is 0.917. The average Bonchev–Trinajstić information content (AvgIpc) is 2.25. The number of rotatable bonds is 4. The van der Waals surface area contributed by atoms with Crippen LogP contribution in [0.2, 0.25) is 0 Å². The van der Waals surface area contributed by atoms with Gasteiger partial charge < -0.3 is 10.4 Å². The maximum atomic E-state index is 11.8. The molecule has 0 bridgehead atoms. The third-order valence-corrected chi connectivity index (χ3v) is 4.21. The van der Waals surface area contributed by atoms with Gasteiger partial charge in [-0.05, 0) is 45.8 Å². The summed E-state index contributed by atoms with van der Waals surface area (Å²) in [6.07, 6.45) is 6.40. The zero-order valence-corrected chi connectivity index (χ0v) is 11.3. The van der Waals surface area contributed by atoms with Gasteiger partial charge in [0.15, 0.2) is 0 Å². The highest BCUT2D eigenvalue weighted by Crippen LogP contribution is 2.30. The van der Waals surface area contributed by atoms with Gasteiger partial charge in [0.1, 0.15) is 0 Å². The molecule has 0 atom stereocenters. The molecule has 0 heterocycles. The first-order chi connectivity index (χ1) is 7.42. The SMILES string of the molecule is CSC1CCC(C(=O)NCC(C)(C)O)CC1. The van der Waals surface area contributed by atoms with Crippen molar-refractivity contribution in [1.29, 1.82) is 0 Å². The van der Waals surface area contributed by atoms with E-state index in [1.807, 2.05) is 11.8 Å². The van der Waals surface area contributed by atoms with E-state index in [4.69, 9.17) is 0 Å². The Labute approximate surface area is 102 Å². The molecule has 1 saturated carbocycles. The number of hydrogen-bond donors (Lipinski definition) is 2. The lowest BCUT2D eigenvalue weighted by Gasteiger charge is -2.27. The van der Waals surface area contributed by atoms with Crippen molar-refractivity contribution < 1.29 is 9.90 Å². The number of carbonyl (C=O) groups excluding carboxylic acids is 1. The quantitative estimate of drug-likeness (QED) is 0.794. The number of carbonyl (C=O) groups is 1. The summed E-state index contributed by atoms with van der Waals surface area (Å²) >= 11 is 1.91.